The molecule has 0 atom stereocenters. The summed E-state index contributed by atoms with van der Waals surface area (Å²) in [4.78, 5) is 0. The normalized spacial score (nSPS) is 33.8. The molecule has 0 aromatic carbocycles. The molecule has 4 nitrogen and oxygen atoms in total. The Labute approximate surface area is 221 Å². The minimum absolute atomic E-state index is 0.665. The zero-order valence-electron chi connectivity index (χ0n) is 20.5. The van der Waals surface area contributed by atoms with E-state index < -0.39 is 34.2 Å². The maximum absolute atomic E-state index is 7.05. The molecule has 0 N–H and O–H groups in total. The SMILES string of the molecule is C[Si]1(CCCCCl)O[Si](C)(CCCCCl)O[Si](C)(CCCCCl)O[Si](C)(CCCCCl)O1. The molecule has 1 rings (SSSR count). The summed E-state index contributed by atoms with van der Waals surface area (Å²) in [6, 6.07) is 3.70. The molecule has 32 heavy (non-hydrogen) atoms. The van der Waals surface area contributed by atoms with Crippen molar-refractivity contribution in [2.45, 2.75) is 102 Å². The van der Waals surface area contributed by atoms with Crippen molar-refractivity contribution < 1.29 is 16.5 Å². The molecule has 0 aromatic rings. The molecule has 12 heteroatoms. The van der Waals surface area contributed by atoms with Crippen LogP contribution in [0.15, 0.2) is 0 Å². The van der Waals surface area contributed by atoms with Gasteiger partial charge in [-0.15, -0.1) is 46.4 Å². The lowest BCUT2D eigenvalue weighted by molar-refractivity contribution is 0.220. The lowest BCUT2D eigenvalue weighted by Crippen LogP contribution is -2.67. The summed E-state index contributed by atoms with van der Waals surface area (Å²) < 4.78 is 28.2. The van der Waals surface area contributed by atoms with Gasteiger partial charge in [0.1, 0.15) is 0 Å². The number of hydrogen-bond acceptors (Lipinski definition) is 4. The van der Waals surface area contributed by atoms with Crippen LogP contribution in [-0.4, -0.2) is 57.8 Å². The van der Waals surface area contributed by atoms with Crippen molar-refractivity contribution in [1.29, 1.82) is 0 Å². The second-order valence-electron chi connectivity index (χ2n) is 9.53. The van der Waals surface area contributed by atoms with Crippen LogP contribution in [0.1, 0.15) is 51.4 Å². The van der Waals surface area contributed by atoms with E-state index in [0.29, 0.717) is 23.5 Å². The molecule has 0 aromatic heterocycles. The third-order valence-electron chi connectivity index (χ3n) is 5.79. The van der Waals surface area contributed by atoms with Crippen molar-refractivity contribution in [3.63, 3.8) is 0 Å². The highest BCUT2D eigenvalue weighted by Gasteiger charge is 2.56. The van der Waals surface area contributed by atoms with Crippen LogP contribution in [0.4, 0.5) is 0 Å². The Morgan fingerprint density at radius 1 is 0.375 bits per heavy atom. The van der Waals surface area contributed by atoms with E-state index >= 15 is 0 Å². The highest BCUT2D eigenvalue weighted by atomic mass is 35.5. The molecule has 0 aliphatic carbocycles. The number of hydrogen-bond donors (Lipinski definition) is 0. The molecule has 1 fully saturated rings. The van der Waals surface area contributed by atoms with Crippen molar-refractivity contribution in [3.8, 4) is 0 Å². The van der Waals surface area contributed by atoms with Gasteiger partial charge < -0.3 is 16.5 Å². The van der Waals surface area contributed by atoms with Gasteiger partial charge in [0, 0.05) is 23.5 Å². The van der Waals surface area contributed by atoms with Crippen LogP contribution >= 0.6 is 46.4 Å². The second kappa shape index (κ2) is 15.9. The van der Waals surface area contributed by atoms with Gasteiger partial charge in [0.15, 0.2) is 0 Å². The first kappa shape index (κ1) is 31.9. The van der Waals surface area contributed by atoms with Crippen LogP contribution in [0, 0.1) is 0 Å². The molecule has 192 valence electrons. The quantitative estimate of drug-likeness (QED) is 0.101. The topological polar surface area (TPSA) is 36.9 Å². The van der Waals surface area contributed by atoms with E-state index in [1.54, 1.807) is 0 Å². The summed E-state index contributed by atoms with van der Waals surface area (Å²) in [6.07, 6.45) is 7.92. The van der Waals surface area contributed by atoms with E-state index in [0.717, 1.165) is 75.5 Å². The van der Waals surface area contributed by atoms with Gasteiger partial charge in [-0.3, -0.25) is 0 Å². The minimum Gasteiger partial charge on any atom is -0.416 e. The van der Waals surface area contributed by atoms with Gasteiger partial charge in [-0.1, -0.05) is 25.7 Å². The predicted molar refractivity (Wildman–Crippen MR) is 150 cm³/mol. The van der Waals surface area contributed by atoms with Crippen molar-refractivity contribution in [2.24, 2.45) is 0 Å². The zero-order chi connectivity index (χ0) is 24.1. The Balaban J connectivity index is 3.21. The monoisotopic (exact) mass is 600 g/mol. The largest absolute Gasteiger partial charge is 0.416 e. The third kappa shape index (κ3) is 12.2. The van der Waals surface area contributed by atoms with E-state index in [-0.39, 0.29) is 0 Å². The van der Waals surface area contributed by atoms with Crippen molar-refractivity contribution >= 4 is 80.6 Å². The van der Waals surface area contributed by atoms with Crippen LogP contribution < -0.4 is 0 Å². The lowest BCUT2D eigenvalue weighted by Gasteiger charge is -2.50. The van der Waals surface area contributed by atoms with Crippen LogP contribution in [0.5, 0.6) is 0 Å². The summed E-state index contributed by atoms with van der Waals surface area (Å²) in [5.41, 5.74) is 0. The molecule has 0 spiro atoms. The van der Waals surface area contributed by atoms with Gasteiger partial charge >= 0.3 is 34.2 Å². The molecule has 1 saturated heterocycles. The van der Waals surface area contributed by atoms with Crippen molar-refractivity contribution in [2.75, 3.05) is 23.5 Å². The first-order valence-electron chi connectivity index (χ1n) is 12.1. The first-order chi connectivity index (χ1) is 15.1. The highest BCUT2D eigenvalue weighted by Crippen LogP contribution is 2.39. The van der Waals surface area contributed by atoms with Crippen LogP contribution in [-0.2, 0) is 16.5 Å². The summed E-state index contributed by atoms with van der Waals surface area (Å²) in [5.74, 6) is 2.66. The fourth-order valence-electron chi connectivity index (χ4n) is 4.48. The van der Waals surface area contributed by atoms with E-state index in [4.69, 9.17) is 62.9 Å². The van der Waals surface area contributed by atoms with Gasteiger partial charge in [-0.2, -0.15) is 0 Å². The molecular weight excluding hydrogens is 558 g/mol. The molecule has 1 aliphatic heterocycles. The van der Waals surface area contributed by atoms with Gasteiger partial charge in [0.2, 0.25) is 0 Å². The van der Waals surface area contributed by atoms with E-state index in [2.05, 4.69) is 26.2 Å². The number of unbranched alkanes of at least 4 members (excludes halogenated alkanes) is 4. The van der Waals surface area contributed by atoms with E-state index in [1.165, 1.54) is 0 Å². The Bertz CT molecular complexity index is 426. The molecule has 0 radical (unpaired) electrons. The Morgan fingerprint density at radius 3 is 0.719 bits per heavy atom. The van der Waals surface area contributed by atoms with Crippen LogP contribution in [0.2, 0.25) is 50.4 Å². The first-order valence-corrected chi connectivity index (χ1v) is 24.3. The van der Waals surface area contributed by atoms with Crippen LogP contribution in [0.3, 0.4) is 0 Å². The zero-order valence-corrected chi connectivity index (χ0v) is 27.5. The molecule has 0 bridgehead atoms. The van der Waals surface area contributed by atoms with Crippen molar-refractivity contribution in [1.82, 2.24) is 0 Å². The van der Waals surface area contributed by atoms with E-state index in [1.807, 2.05) is 0 Å². The van der Waals surface area contributed by atoms with Gasteiger partial charge in [0.05, 0.1) is 0 Å². The molecular formula is C20H44Cl4O4Si4. The Kier molecular flexibility index (Phi) is 15.8. The fourth-order valence-corrected chi connectivity index (χ4v) is 28.9. The fraction of sp³-hybridized carbons (Fsp3) is 1.00. The maximum atomic E-state index is 7.05. The van der Waals surface area contributed by atoms with Gasteiger partial charge in [0.25, 0.3) is 0 Å². The molecule has 0 unspecified atom stereocenters. The third-order valence-corrected chi connectivity index (χ3v) is 25.7. The molecule has 0 amide bonds. The van der Waals surface area contributed by atoms with Crippen molar-refractivity contribution in [3.05, 3.63) is 0 Å². The van der Waals surface area contributed by atoms with Gasteiger partial charge in [-0.05, 0) is 76.0 Å². The lowest BCUT2D eigenvalue weighted by atomic mass is 10.4. The maximum Gasteiger partial charge on any atom is 0.317 e. The molecule has 1 aliphatic rings. The average molecular weight is 603 g/mol. The Hall–Kier alpha value is 1.87. The summed E-state index contributed by atoms with van der Waals surface area (Å²) in [7, 11) is -9.99. The van der Waals surface area contributed by atoms with Gasteiger partial charge in [-0.25, -0.2) is 0 Å². The molecule has 0 saturated carbocycles. The van der Waals surface area contributed by atoms with E-state index in [9.17, 15) is 0 Å². The second-order valence-corrected chi connectivity index (χ2v) is 25.4. The highest BCUT2D eigenvalue weighted by molar-refractivity contribution is 6.93. The smallest absolute Gasteiger partial charge is 0.317 e. The standard InChI is InChI=1S/C20H44Cl4O4Si4/c1-29(17-9-5-13-21)25-30(2,18-10-6-14-22)27-32(4,20-12-8-16-24)28-31(3,26-29)19-11-7-15-23/h5-20H2,1-4H3. The number of rotatable bonds is 16. The minimum atomic E-state index is -2.50. The molecule has 1 heterocycles. The number of halogens is 4. The summed E-state index contributed by atoms with van der Waals surface area (Å²) >= 11 is 23.9. The summed E-state index contributed by atoms with van der Waals surface area (Å²) in [6.45, 7) is 8.85. The average Bonchev–Trinajstić information content (AvgIpc) is 2.67. The Morgan fingerprint density at radius 2 is 0.562 bits per heavy atom. The van der Waals surface area contributed by atoms with Crippen LogP contribution in [0.25, 0.3) is 0 Å². The predicted octanol–water partition coefficient (Wildman–Crippen LogP) is 8.43. The summed E-state index contributed by atoms with van der Waals surface area (Å²) in [5, 5.41) is 0. The number of alkyl halides is 4.